The van der Waals surface area contributed by atoms with Gasteiger partial charge in [-0.25, -0.2) is 0 Å². The van der Waals surface area contributed by atoms with E-state index in [1.54, 1.807) is 0 Å². The maximum absolute atomic E-state index is 12.9. The molecule has 4 N–H and O–H groups in total. The summed E-state index contributed by atoms with van der Waals surface area (Å²) in [5, 5.41) is 30.9. The summed E-state index contributed by atoms with van der Waals surface area (Å²) in [4.78, 5) is 25.5. The van der Waals surface area contributed by atoms with Crippen molar-refractivity contribution in [3.05, 3.63) is 48.6 Å². The monoisotopic (exact) mass is 913 g/mol. The number of esters is 2. The number of allylic oxidation sites excluding steroid dienone is 8. The molecule has 0 aromatic rings. The predicted octanol–water partition coefficient (Wildman–Crippen LogP) is 10.7. The van der Waals surface area contributed by atoms with Crippen LogP contribution in [-0.2, 0) is 38.7 Å². The molecule has 1 aliphatic heterocycles. The molecule has 12 nitrogen and oxygen atoms in total. The summed E-state index contributed by atoms with van der Waals surface area (Å²) in [6.45, 7) is 3.71. The highest BCUT2D eigenvalue weighted by atomic mass is 32.2. The minimum Gasteiger partial charge on any atom is -0.462 e. The van der Waals surface area contributed by atoms with E-state index < -0.39 is 71.2 Å². The third kappa shape index (κ3) is 34.6. The van der Waals surface area contributed by atoms with Crippen molar-refractivity contribution in [3.8, 4) is 0 Å². The van der Waals surface area contributed by atoms with Crippen LogP contribution >= 0.6 is 0 Å². The summed E-state index contributed by atoms with van der Waals surface area (Å²) in [5.74, 6) is -2.01. The van der Waals surface area contributed by atoms with Crippen molar-refractivity contribution in [2.24, 2.45) is 0 Å². The molecule has 13 heteroatoms. The molecule has 0 bridgehead atoms. The zero-order valence-corrected chi connectivity index (χ0v) is 40.0. The van der Waals surface area contributed by atoms with Gasteiger partial charge < -0.3 is 34.3 Å². The van der Waals surface area contributed by atoms with Crippen LogP contribution in [0.1, 0.15) is 200 Å². The molecule has 1 saturated heterocycles. The summed E-state index contributed by atoms with van der Waals surface area (Å²) in [6, 6.07) is 0. The lowest BCUT2D eigenvalue weighted by atomic mass is 10.00. The van der Waals surface area contributed by atoms with Gasteiger partial charge in [0.05, 0.1) is 6.61 Å². The molecule has 0 radical (unpaired) electrons. The fraction of sp³-hybridized carbons (Fsp3) is 0.800. The molecule has 0 spiro atoms. The van der Waals surface area contributed by atoms with Crippen molar-refractivity contribution in [1.29, 1.82) is 0 Å². The fourth-order valence-electron chi connectivity index (χ4n) is 7.27. The van der Waals surface area contributed by atoms with E-state index in [9.17, 15) is 37.9 Å². The van der Waals surface area contributed by atoms with Crippen LogP contribution in [0.25, 0.3) is 0 Å². The number of aliphatic hydroxyl groups excluding tert-OH is 3. The topological polar surface area (TPSA) is 186 Å². The molecular weight excluding hydrogens is 825 g/mol. The molecule has 0 saturated carbocycles. The van der Waals surface area contributed by atoms with E-state index >= 15 is 0 Å². The second kappa shape index (κ2) is 39.9. The van der Waals surface area contributed by atoms with Crippen molar-refractivity contribution in [1.82, 2.24) is 0 Å². The molecule has 1 aliphatic rings. The van der Waals surface area contributed by atoms with Crippen LogP contribution < -0.4 is 0 Å². The van der Waals surface area contributed by atoms with Gasteiger partial charge in [-0.1, -0.05) is 159 Å². The van der Waals surface area contributed by atoms with E-state index in [4.69, 9.17) is 18.9 Å². The molecule has 0 amide bonds. The van der Waals surface area contributed by atoms with Crippen LogP contribution in [0.2, 0.25) is 0 Å². The lowest BCUT2D eigenvalue weighted by Gasteiger charge is -2.40. The Bertz CT molecular complexity index is 1350. The summed E-state index contributed by atoms with van der Waals surface area (Å²) < 4.78 is 54.2. The Morgan fingerprint density at radius 1 is 0.540 bits per heavy atom. The van der Waals surface area contributed by atoms with Gasteiger partial charge in [-0.05, 0) is 77.0 Å². The Balaban J connectivity index is 2.41. The van der Waals surface area contributed by atoms with Crippen molar-refractivity contribution in [3.63, 3.8) is 0 Å². The predicted molar refractivity (Wildman–Crippen MR) is 252 cm³/mol. The maximum Gasteiger partial charge on any atom is 0.306 e. The first-order valence-electron chi connectivity index (χ1n) is 24.7. The van der Waals surface area contributed by atoms with Crippen LogP contribution in [-0.4, -0.2) is 96.0 Å². The van der Waals surface area contributed by atoms with Crippen molar-refractivity contribution >= 4 is 22.1 Å². The van der Waals surface area contributed by atoms with Gasteiger partial charge in [-0.15, -0.1) is 0 Å². The first kappa shape index (κ1) is 58.6. The van der Waals surface area contributed by atoms with Crippen molar-refractivity contribution in [2.45, 2.75) is 237 Å². The minimum atomic E-state index is -4.61. The number of hydrogen-bond donors (Lipinski definition) is 4. The zero-order chi connectivity index (χ0) is 46.2. The first-order chi connectivity index (χ1) is 30.5. The first-order valence-corrected chi connectivity index (χ1v) is 26.3. The summed E-state index contributed by atoms with van der Waals surface area (Å²) >= 11 is 0. The van der Waals surface area contributed by atoms with Gasteiger partial charge in [-0.3, -0.25) is 14.1 Å². The average Bonchev–Trinajstić information content (AvgIpc) is 3.25. The van der Waals surface area contributed by atoms with Crippen LogP contribution in [0.15, 0.2) is 48.6 Å². The number of rotatable bonds is 41. The minimum absolute atomic E-state index is 0.155. The average molecular weight is 913 g/mol. The highest BCUT2D eigenvalue weighted by molar-refractivity contribution is 7.85. The van der Waals surface area contributed by atoms with Crippen LogP contribution in [0.5, 0.6) is 0 Å². The Labute approximate surface area is 382 Å². The van der Waals surface area contributed by atoms with Crippen molar-refractivity contribution < 1.29 is 56.8 Å². The molecule has 0 aromatic heterocycles. The maximum atomic E-state index is 12.9. The molecule has 6 atom stereocenters. The van der Waals surface area contributed by atoms with E-state index in [1.165, 1.54) is 77.0 Å². The summed E-state index contributed by atoms with van der Waals surface area (Å²) in [6.07, 6.45) is 38.6. The van der Waals surface area contributed by atoms with Gasteiger partial charge in [0.2, 0.25) is 0 Å². The van der Waals surface area contributed by atoms with Crippen LogP contribution in [0.3, 0.4) is 0 Å². The third-order valence-electron chi connectivity index (χ3n) is 11.1. The van der Waals surface area contributed by atoms with Gasteiger partial charge in [0.15, 0.2) is 12.4 Å². The fourth-order valence-corrected chi connectivity index (χ4v) is 7.96. The number of aliphatic hydroxyl groups is 3. The third-order valence-corrected chi connectivity index (χ3v) is 11.9. The number of ether oxygens (including phenoxy) is 4. The SMILES string of the molecule is CCCCC/C=C\C/C=C\CCCCCCCCCCCC(=O)OC(COC(=O)CCCCCCC/C=C\C/C=C\CCCCCC)COC1OC(CS(=O)(=O)O)C(O)C(O)C1O. The normalized spacial score (nSPS) is 20.1. The smallest absolute Gasteiger partial charge is 0.306 e. The zero-order valence-electron chi connectivity index (χ0n) is 39.2. The Morgan fingerprint density at radius 2 is 0.952 bits per heavy atom. The molecular formula is C50H88O12S. The van der Waals surface area contributed by atoms with Crippen molar-refractivity contribution in [2.75, 3.05) is 19.0 Å². The second-order valence-electron chi connectivity index (χ2n) is 17.1. The van der Waals surface area contributed by atoms with E-state index in [2.05, 4.69) is 62.5 Å². The highest BCUT2D eigenvalue weighted by Gasteiger charge is 2.46. The summed E-state index contributed by atoms with van der Waals surface area (Å²) in [5.41, 5.74) is 0. The quantitative estimate of drug-likeness (QED) is 0.0197. The number of unbranched alkanes of at least 4 members (excludes halogenated alkanes) is 21. The van der Waals surface area contributed by atoms with E-state index in [0.717, 1.165) is 83.5 Å². The Kier molecular flexibility index (Phi) is 37.2. The Morgan fingerprint density at radius 3 is 1.43 bits per heavy atom. The van der Waals surface area contributed by atoms with Gasteiger partial charge >= 0.3 is 11.9 Å². The molecule has 366 valence electrons. The summed E-state index contributed by atoms with van der Waals surface area (Å²) in [7, 11) is -4.61. The van der Waals surface area contributed by atoms with Gasteiger partial charge in [0.1, 0.15) is 36.8 Å². The molecule has 63 heavy (non-hydrogen) atoms. The number of hydrogen-bond acceptors (Lipinski definition) is 11. The van der Waals surface area contributed by atoms with E-state index in [1.807, 2.05) is 0 Å². The molecule has 1 fully saturated rings. The molecule has 0 aromatic carbocycles. The highest BCUT2D eigenvalue weighted by Crippen LogP contribution is 2.24. The van der Waals surface area contributed by atoms with Crippen LogP contribution in [0.4, 0.5) is 0 Å². The molecule has 1 rings (SSSR count). The molecule has 1 heterocycles. The largest absolute Gasteiger partial charge is 0.462 e. The lowest BCUT2D eigenvalue weighted by Crippen LogP contribution is -2.60. The standard InChI is InChI=1S/C50H88O12S/c1-3-5-7-9-11-13-15-17-19-21-22-23-25-27-29-31-33-35-37-39-46(52)61-43(41-60-50-49(55)48(54)47(53)44(62-50)42-63(56,57)58)40-59-45(51)38-36-34-32-30-28-26-24-20-18-16-14-12-10-8-6-4-2/h11,13-14,16-17,19-20,24,43-44,47-50,53-55H,3-10,12,15,18,21-23,25-42H2,1-2H3,(H,56,57,58)/b13-11-,16-14-,19-17-,24-20-. The van der Waals surface area contributed by atoms with Gasteiger partial charge in [-0.2, -0.15) is 8.42 Å². The van der Waals surface area contributed by atoms with Gasteiger partial charge in [0.25, 0.3) is 10.1 Å². The molecule has 0 aliphatic carbocycles. The van der Waals surface area contributed by atoms with Gasteiger partial charge in [0, 0.05) is 12.8 Å². The van der Waals surface area contributed by atoms with E-state index in [0.29, 0.717) is 12.8 Å². The number of carbonyl (C=O) groups is 2. The lowest BCUT2D eigenvalue weighted by molar-refractivity contribution is -0.297. The van der Waals surface area contributed by atoms with Crippen LogP contribution in [0, 0.1) is 0 Å². The number of carbonyl (C=O) groups excluding carboxylic acids is 2. The van der Waals surface area contributed by atoms with E-state index in [-0.39, 0.29) is 19.4 Å². The second-order valence-corrected chi connectivity index (χ2v) is 18.6. The molecule has 6 unspecified atom stereocenters. The Hall–Kier alpha value is -2.39.